The quantitative estimate of drug-likeness (QED) is 0.374. The minimum Gasteiger partial charge on any atom is -0.465 e. The molecule has 0 fully saturated rings. The van der Waals surface area contributed by atoms with Gasteiger partial charge in [0.2, 0.25) is 0 Å². The Hall–Kier alpha value is -0.620. The number of carbonyl (C=O) groups is 2. The van der Waals surface area contributed by atoms with Crippen LogP contribution in [0.15, 0.2) is 0 Å². The van der Waals surface area contributed by atoms with Gasteiger partial charge in [-0.2, -0.15) is 0 Å². The van der Waals surface area contributed by atoms with Gasteiger partial charge in [0.1, 0.15) is 0 Å². The molecule has 0 aromatic heterocycles. The molecule has 0 aromatic carbocycles. The number of ether oxygens (including phenoxy) is 4. The first kappa shape index (κ1) is 17.4. The van der Waals surface area contributed by atoms with E-state index in [0.717, 1.165) is 0 Å². The number of hydrogen-bond acceptors (Lipinski definition) is 7. The van der Waals surface area contributed by atoms with Gasteiger partial charge < -0.3 is 18.9 Å². The van der Waals surface area contributed by atoms with Crippen LogP contribution in [0, 0.1) is 0 Å². The fraction of sp³-hybridized carbons (Fsp3) is 0.800. The van der Waals surface area contributed by atoms with Crippen molar-refractivity contribution in [3.63, 3.8) is 0 Å². The van der Waals surface area contributed by atoms with E-state index in [1.807, 2.05) is 0 Å². The van der Waals surface area contributed by atoms with Crippen molar-refractivity contribution in [2.45, 2.75) is 25.3 Å². The summed E-state index contributed by atoms with van der Waals surface area (Å²) in [5, 5.41) is 0. The van der Waals surface area contributed by atoms with Crippen molar-refractivity contribution in [2.75, 3.05) is 27.4 Å². The molecule has 0 aliphatic rings. The van der Waals surface area contributed by atoms with Crippen LogP contribution in [-0.2, 0) is 40.3 Å². The molecule has 0 N–H and O–H groups in total. The van der Waals surface area contributed by atoms with Gasteiger partial charge in [-0.05, 0) is 21.2 Å². The highest BCUT2D eigenvalue weighted by Crippen LogP contribution is 2.29. The molecule has 6 nitrogen and oxygen atoms in total. The van der Waals surface area contributed by atoms with Crippen LogP contribution in [0.25, 0.3) is 0 Å². The van der Waals surface area contributed by atoms with Crippen molar-refractivity contribution in [1.82, 2.24) is 0 Å². The maximum absolute atomic E-state index is 11.9. The normalized spacial score (nSPS) is 13.1. The van der Waals surface area contributed by atoms with Crippen LogP contribution in [0.1, 0.15) is 13.8 Å². The zero-order valence-corrected chi connectivity index (χ0v) is 12.5. The molecule has 0 aliphatic carbocycles. The lowest BCUT2D eigenvalue weighted by Crippen LogP contribution is -2.54. The van der Waals surface area contributed by atoms with Crippen LogP contribution < -0.4 is 0 Å². The summed E-state index contributed by atoms with van der Waals surface area (Å²) in [4.78, 5) is 23.7. The maximum Gasteiger partial charge on any atom is 0.368 e. The van der Waals surface area contributed by atoms with Crippen molar-refractivity contribution in [1.29, 1.82) is 0 Å². The number of carbonyl (C=O) groups excluding carboxylic acids is 2. The summed E-state index contributed by atoms with van der Waals surface area (Å²) in [6.45, 7) is 3.60. The van der Waals surface area contributed by atoms with E-state index in [0.29, 0.717) is 0 Å². The number of rotatable bonds is 8. The van der Waals surface area contributed by atoms with Crippen molar-refractivity contribution >= 4 is 31.1 Å². The monoisotopic (exact) mass is 296 g/mol. The Balaban J connectivity index is 5.32. The molecular formula is C10H17O6PS. The molecule has 104 valence electrons. The molecule has 0 bridgehead atoms. The maximum atomic E-state index is 11.9. The molecule has 0 aliphatic heterocycles. The SMILES string of the molecule is CCOC(=O)[C@@H](P=S)C(OC)(OC)C(=O)OCC. The van der Waals surface area contributed by atoms with Crippen molar-refractivity contribution < 1.29 is 28.5 Å². The molecule has 18 heavy (non-hydrogen) atoms. The Morgan fingerprint density at radius 2 is 1.67 bits per heavy atom. The smallest absolute Gasteiger partial charge is 0.368 e. The van der Waals surface area contributed by atoms with Gasteiger partial charge in [-0.25, -0.2) is 4.79 Å². The van der Waals surface area contributed by atoms with E-state index in [-0.39, 0.29) is 20.6 Å². The van der Waals surface area contributed by atoms with Crippen molar-refractivity contribution in [3.05, 3.63) is 0 Å². The number of esters is 2. The lowest BCUT2D eigenvalue weighted by Gasteiger charge is -2.31. The summed E-state index contributed by atoms with van der Waals surface area (Å²) in [7, 11) is 2.66. The second kappa shape index (κ2) is 8.48. The molecule has 0 saturated heterocycles. The second-order valence-corrected chi connectivity index (χ2v) is 4.42. The third kappa shape index (κ3) is 3.68. The van der Waals surface area contributed by atoms with Crippen LogP contribution in [-0.4, -0.2) is 50.8 Å². The first-order valence-electron chi connectivity index (χ1n) is 5.30. The fourth-order valence-electron chi connectivity index (χ4n) is 1.31. The van der Waals surface area contributed by atoms with Gasteiger partial charge >= 0.3 is 11.9 Å². The average Bonchev–Trinajstić information content (AvgIpc) is 2.36. The Morgan fingerprint density at radius 1 is 1.17 bits per heavy atom. The minimum atomic E-state index is -1.87. The molecule has 0 saturated carbocycles. The minimum absolute atomic E-state index is 0.136. The average molecular weight is 296 g/mol. The summed E-state index contributed by atoms with van der Waals surface area (Å²) in [6.07, 6.45) is 0. The Bertz CT molecular complexity index is 305. The lowest BCUT2D eigenvalue weighted by molar-refractivity contribution is -0.232. The standard InChI is InChI=1S/C10H17O6PS/c1-5-15-8(11)7(17-18)10(13-3,14-4)9(12)16-6-2/h7H,5-6H2,1-4H3/t7-/m1/s1. The second-order valence-electron chi connectivity index (χ2n) is 3.06. The molecule has 0 aromatic rings. The summed E-state index contributed by atoms with van der Waals surface area (Å²) in [6, 6.07) is 0. The molecule has 1 atom stereocenters. The number of hydrogen-bond donors (Lipinski definition) is 0. The molecule has 0 radical (unpaired) electrons. The van der Waals surface area contributed by atoms with E-state index >= 15 is 0 Å². The predicted octanol–water partition coefficient (Wildman–Crippen LogP) is 0.878. The van der Waals surface area contributed by atoms with Crippen LogP contribution in [0.5, 0.6) is 0 Å². The highest BCUT2D eigenvalue weighted by atomic mass is 32.4. The molecule has 0 unspecified atom stereocenters. The lowest BCUT2D eigenvalue weighted by atomic mass is 10.2. The topological polar surface area (TPSA) is 71.1 Å². The van der Waals surface area contributed by atoms with Gasteiger partial charge in [0.05, 0.1) is 13.2 Å². The third-order valence-corrected chi connectivity index (χ3v) is 3.54. The Morgan fingerprint density at radius 3 is 2.00 bits per heavy atom. The zero-order valence-electron chi connectivity index (χ0n) is 10.8. The van der Waals surface area contributed by atoms with Crippen molar-refractivity contribution in [2.24, 2.45) is 0 Å². The van der Waals surface area contributed by atoms with E-state index < -0.39 is 23.4 Å². The molecular weight excluding hydrogens is 279 g/mol. The fourth-order valence-corrected chi connectivity index (χ4v) is 2.60. The van der Waals surface area contributed by atoms with Crippen LogP contribution >= 0.6 is 7.36 Å². The predicted molar refractivity (Wildman–Crippen MR) is 68.1 cm³/mol. The van der Waals surface area contributed by atoms with E-state index in [4.69, 9.17) is 30.8 Å². The van der Waals surface area contributed by atoms with Gasteiger partial charge in [-0.3, -0.25) is 4.79 Å². The first-order chi connectivity index (χ1) is 8.53. The summed E-state index contributed by atoms with van der Waals surface area (Å²) >= 11 is 4.85. The van der Waals surface area contributed by atoms with E-state index in [1.54, 1.807) is 13.8 Å². The first-order valence-corrected chi connectivity index (χ1v) is 7.28. The van der Waals surface area contributed by atoms with Crippen LogP contribution in [0.3, 0.4) is 0 Å². The molecule has 0 rings (SSSR count). The molecule has 0 spiro atoms. The summed E-state index contributed by atoms with van der Waals surface area (Å²) in [5.41, 5.74) is -1.08. The zero-order chi connectivity index (χ0) is 14.2. The van der Waals surface area contributed by atoms with Crippen LogP contribution in [0.4, 0.5) is 0 Å². The van der Waals surface area contributed by atoms with Gasteiger partial charge in [0.25, 0.3) is 5.79 Å². The molecule has 0 amide bonds. The molecule has 0 heterocycles. The van der Waals surface area contributed by atoms with Gasteiger partial charge in [-0.1, -0.05) is 11.8 Å². The van der Waals surface area contributed by atoms with E-state index in [9.17, 15) is 9.59 Å². The van der Waals surface area contributed by atoms with Crippen LogP contribution in [0.2, 0.25) is 0 Å². The van der Waals surface area contributed by atoms with Crippen molar-refractivity contribution in [3.8, 4) is 0 Å². The van der Waals surface area contributed by atoms with Gasteiger partial charge in [0.15, 0.2) is 5.66 Å². The number of methoxy groups -OCH3 is 2. The Labute approximate surface area is 113 Å². The van der Waals surface area contributed by atoms with Gasteiger partial charge in [0, 0.05) is 14.2 Å². The van der Waals surface area contributed by atoms with Gasteiger partial charge in [-0.15, -0.1) is 0 Å². The molecule has 8 heteroatoms. The third-order valence-electron chi connectivity index (χ3n) is 2.14. The highest BCUT2D eigenvalue weighted by molar-refractivity contribution is 7.97. The largest absolute Gasteiger partial charge is 0.465 e. The van der Waals surface area contributed by atoms with E-state index in [1.165, 1.54) is 14.2 Å². The summed E-state index contributed by atoms with van der Waals surface area (Å²) in [5.74, 6) is -3.33. The van der Waals surface area contributed by atoms with E-state index in [2.05, 4.69) is 0 Å². The Kier molecular flexibility index (Phi) is 8.18. The summed E-state index contributed by atoms with van der Waals surface area (Å²) < 4.78 is 19.8. The highest BCUT2D eigenvalue weighted by Gasteiger charge is 2.52.